The van der Waals surface area contributed by atoms with E-state index in [0.717, 1.165) is 12.1 Å². The average Bonchev–Trinajstić information content (AvgIpc) is 3.51. The maximum atomic E-state index is 13.5. The second-order valence-corrected chi connectivity index (χ2v) is 9.49. The predicted octanol–water partition coefficient (Wildman–Crippen LogP) is 6.06. The highest BCUT2D eigenvalue weighted by atomic mass is 35.5. The molecule has 3 aromatic carbocycles. The second kappa shape index (κ2) is 11.0. The van der Waals surface area contributed by atoms with Gasteiger partial charge in [0.15, 0.2) is 11.5 Å². The predicted molar refractivity (Wildman–Crippen MR) is 142 cm³/mol. The van der Waals surface area contributed by atoms with Gasteiger partial charge in [0, 0.05) is 29.1 Å². The number of hydrogen-bond acceptors (Lipinski definition) is 5. The van der Waals surface area contributed by atoms with Crippen LogP contribution in [0.1, 0.15) is 33.0 Å². The number of carbonyl (C=O) groups excluding carboxylic acids is 1. The van der Waals surface area contributed by atoms with Gasteiger partial charge in [-0.05, 0) is 42.0 Å². The van der Waals surface area contributed by atoms with E-state index in [1.165, 1.54) is 16.8 Å². The van der Waals surface area contributed by atoms with Crippen molar-refractivity contribution < 1.29 is 22.5 Å². The molecule has 0 aliphatic heterocycles. The van der Waals surface area contributed by atoms with E-state index in [9.17, 15) is 22.8 Å². The molecule has 0 bridgehead atoms. The van der Waals surface area contributed by atoms with Gasteiger partial charge < -0.3 is 5.32 Å². The summed E-state index contributed by atoms with van der Waals surface area (Å²) in [5, 5.41) is 11.9. The van der Waals surface area contributed by atoms with Crippen molar-refractivity contribution in [3.05, 3.63) is 122 Å². The number of alkyl halides is 3. The van der Waals surface area contributed by atoms with Gasteiger partial charge in [-0.3, -0.25) is 14.3 Å². The van der Waals surface area contributed by atoms with Crippen molar-refractivity contribution in [2.75, 3.05) is 0 Å². The van der Waals surface area contributed by atoms with E-state index in [1.807, 2.05) is 0 Å². The molecule has 2 aromatic heterocycles. The molecule has 5 aromatic rings. The minimum absolute atomic E-state index is 0.0133. The minimum Gasteiger partial charge on any atom is -0.347 e. The molecular weight excluding hydrogens is 570 g/mol. The number of hydrogen-bond donors (Lipinski definition) is 2. The molecule has 0 unspecified atom stereocenters. The van der Waals surface area contributed by atoms with Crippen molar-refractivity contribution in [1.29, 1.82) is 0 Å². The van der Waals surface area contributed by atoms with Crippen molar-refractivity contribution in [3.8, 4) is 16.9 Å². The number of nitrogens with one attached hydrogen (secondary N) is 2. The fourth-order valence-corrected chi connectivity index (χ4v) is 4.43. The lowest BCUT2D eigenvalue weighted by atomic mass is 10.0. The Balaban J connectivity index is 1.59. The maximum absolute atomic E-state index is 13.5. The van der Waals surface area contributed by atoms with Gasteiger partial charge in [-0.25, -0.2) is 9.48 Å². The third-order valence-corrected chi connectivity index (χ3v) is 6.53. The van der Waals surface area contributed by atoms with E-state index in [-0.39, 0.29) is 24.5 Å². The maximum Gasteiger partial charge on any atom is 0.438 e. The standard InChI is InChI=1S/C27H18Cl2F3N5O3/c28-18-11-7-16(8-12-18)24-19(13-22-34-26(39)40-36-22)23(35-37(24)21-4-2-1-3-20(21)29)25(38)33-14-15-5-9-17(10-6-15)27(30,31)32/h1-12H,13-14H2,(H,33,38)(H,34,36,39). The van der Waals surface area contributed by atoms with Crippen molar-refractivity contribution in [3.63, 3.8) is 0 Å². The Morgan fingerprint density at radius 3 is 2.33 bits per heavy atom. The van der Waals surface area contributed by atoms with Crippen LogP contribution < -0.4 is 11.1 Å². The molecule has 1 amide bonds. The van der Waals surface area contributed by atoms with Crippen molar-refractivity contribution >= 4 is 29.1 Å². The highest BCUT2D eigenvalue weighted by Crippen LogP contribution is 2.34. The summed E-state index contributed by atoms with van der Waals surface area (Å²) in [7, 11) is 0. The number of para-hydroxylation sites is 1. The number of aromatic amines is 1. The van der Waals surface area contributed by atoms with Crippen LogP contribution in [0.15, 0.2) is 82.1 Å². The zero-order valence-corrected chi connectivity index (χ0v) is 21.8. The lowest BCUT2D eigenvalue weighted by Gasteiger charge is -2.11. The highest BCUT2D eigenvalue weighted by Gasteiger charge is 2.30. The lowest BCUT2D eigenvalue weighted by molar-refractivity contribution is -0.137. The summed E-state index contributed by atoms with van der Waals surface area (Å²) in [4.78, 5) is 27.6. The molecule has 40 heavy (non-hydrogen) atoms. The summed E-state index contributed by atoms with van der Waals surface area (Å²) >= 11 is 12.6. The number of H-pyrrole nitrogens is 1. The van der Waals surface area contributed by atoms with Gasteiger partial charge >= 0.3 is 11.9 Å². The van der Waals surface area contributed by atoms with E-state index in [0.29, 0.717) is 38.1 Å². The van der Waals surface area contributed by atoms with Crippen LogP contribution in [0.5, 0.6) is 0 Å². The van der Waals surface area contributed by atoms with E-state index >= 15 is 0 Å². The number of halogens is 5. The first kappa shape index (κ1) is 27.2. The molecule has 204 valence electrons. The van der Waals surface area contributed by atoms with Crippen molar-refractivity contribution in [2.24, 2.45) is 0 Å². The number of benzene rings is 3. The average molecular weight is 588 g/mol. The topological polar surface area (TPSA) is 106 Å². The number of rotatable bonds is 7. The quantitative estimate of drug-likeness (QED) is 0.241. The highest BCUT2D eigenvalue weighted by molar-refractivity contribution is 6.32. The number of amides is 1. The van der Waals surface area contributed by atoms with Gasteiger partial charge in [0.2, 0.25) is 0 Å². The summed E-state index contributed by atoms with van der Waals surface area (Å²) < 4.78 is 44.9. The smallest absolute Gasteiger partial charge is 0.347 e. The van der Waals surface area contributed by atoms with Crippen LogP contribution in [-0.4, -0.2) is 25.8 Å². The SMILES string of the molecule is O=C(NCc1ccc(C(F)(F)F)cc1)c1nn(-c2ccccc2Cl)c(-c2ccc(Cl)cc2)c1Cc1noc(=O)[nH]1. The van der Waals surface area contributed by atoms with Gasteiger partial charge in [0.25, 0.3) is 5.91 Å². The largest absolute Gasteiger partial charge is 0.438 e. The Morgan fingerprint density at radius 1 is 1.00 bits per heavy atom. The molecule has 0 radical (unpaired) electrons. The van der Waals surface area contributed by atoms with Crippen molar-refractivity contribution in [1.82, 2.24) is 25.2 Å². The summed E-state index contributed by atoms with van der Waals surface area (Å²) in [6.45, 7) is -0.0631. The third kappa shape index (κ3) is 5.80. The third-order valence-electron chi connectivity index (χ3n) is 5.96. The van der Waals surface area contributed by atoms with Gasteiger partial charge in [-0.1, -0.05) is 64.8 Å². The molecule has 8 nitrogen and oxygen atoms in total. The molecule has 0 fully saturated rings. The summed E-state index contributed by atoms with van der Waals surface area (Å²) in [5.41, 5.74) is 1.63. The molecule has 2 N–H and O–H groups in total. The molecule has 0 atom stereocenters. The molecular formula is C27H18Cl2F3N5O3. The Labute approximate surface area is 234 Å². The van der Waals surface area contributed by atoms with Crippen LogP contribution in [0.3, 0.4) is 0 Å². The van der Waals surface area contributed by atoms with Gasteiger partial charge in [-0.15, -0.1) is 0 Å². The first-order chi connectivity index (χ1) is 19.1. The Hall–Kier alpha value is -4.35. The Morgan fingerprint density at radius 2 is 1.70 bits per heavy atom. The summed E-state index contributed by atoms with van der Waals surface area (Å²) in [5.74, 6) is -1.23. The molecule has 13 heteroatoms. The first-order valence-electron chi connectivity index (χ1n) is 11.7. The van der Waals surface area contributed by atoms with Crippen molar-refractivity contribution in [2.45, 2.75) is 19.1 Å². The molecule has 0 aliphatic rings. The molecule has 5 rings (SSSR count). The summed E-state index contributed by atoms with van der Waals surface area (Å²) in [6.07, 6.45) is -4.51. The lowest BCUT2D eigenvalue weighted by Crippen LogP contribution is -2.24. The zero-order valence-electron chi connectivity index (χ0n) is 20.3. The summed E-state index contributed by atoms with van der Waals surface area (Å²) in [6, 6.07) is 18.2. The van der Waals surface area contributed by atoms with Crippen LogP contribution >= 0.6 is 23.2 Å². The molecule has 0 saturated carbocycles. The number of nitrogens with zero attached hydrogens (tertiary/aromatic N) is 3. The molecule has 0 aliphatic carbocycles. The van der Waals surface area contributed by atoms with Gasteiger partial charge in [-0.2, -0.15) is 18.3 Å². The fraction of sp³-hybridized carbons (Fsp3) is 0.111. The monoisotopic (exact) mass is 587 g/mol. The van der Waals surface area contributed by atoms with Gasteiger partial charge in [0.05, 0.1) is 22.0 Å². The second-order valence-electron chi connectivity index (χ2n) is 8.64. The molecule has 0 spiro atoms. The zero-order chi connectivity index (χ0) is 28.4. The normalized spacial score (nSPS) is 11.5. The van der Waals surface area contributed by atoms with E-state index in [4.69, 9.17) is 23.2 Å². The van der Waals surface area contributed by atoms with E-state index in [2.05, 4.69) is 25.1 Å². The van der Waals surface area contributed by atoms with Crippen LogP contribution in [0.25, 0.3) is 16.9 Å². The first-order valence-corrected chi connectivity index (χ1v) is 12.5. The van der Waals surface area contributed by atoms with Crippen LogP contribution in [0.2, 0.25) is 10.0 Å². The van der Waals surface area contributed by atoms with E-state index in [1.54, 1.807) is 48.5 Å². The van der Waals surface area contributed by atoms with Crippen LogP contribution in [0.4, 0.5) is 13.2 Å². The van der Waals surface area contributed by atoms with Crippen LogP contribution in [-0.2, 0) is 19.1 Å². The number of aromatic nitrogens is 4. The fourth-order valence-electron chi connectivity index (χ4n) is 4.08. The van der Waals surface area contributed by atoms with Crippen LogP contribution in [0, 0.1) is 0 Å². The van der Waals surface area contributed by atoms with Gasteiger partial charge in [0.1, 0.15) is 0 Å². The molecule has 0 saturated heterocycles. The number of carbonyl (C=O) groups is 1. The Kier molecular flexibility index (Phi) is 7.51. The Bertz CT molecular complexity index is 1730. The minimum atomic E-state index is -4.47. The van der Waals surface area contributed by atoms with E-state index < -0.39 is 23.4 Å². The molecule has 2 heterocycles.